The summed E-state index contributed by atoms with van der Waals surface area (Å²) in [5.41, 5.74) is 5.04. The Balaban J connectivity index is 2.18. The number of hydrogen-bond acceptors (Lipinski definition) is 1. The van der Waals surface area contributed by atoms with E-state index in [1.165, 1.54) is 22.4 Å². The fourth-order valence-corrected chi connectivity index (χ4v) is 2.58. The lowest BCUT2D eigenvalue weighted by molar-refractivity contribution is 0.883. The van der Waals surface area contributed by atoms with Crippen LogP contribution in [0.2, 0.25) is 0 Å². The third-order valence-electron chi connectivity index (χ3n) is 2.95. The van der Waals surface area contributed by atoms with Gasteiger partial charge in [0.15, 0.2) is 0 Å². The number of anilines is 1. The minimum absolute atomic E-state index is 0.295. The first kappa shape index (κ1) is 13.2. The maximum absolute atomic E-state index is 3.55. The summed E-state index contributed by atoms with van der Waals surface area (Å²) in [6, 6.07) is 15.3. The minimum atomic E-state index is 0.295. The molecule has 1 nitrogen and oxygen atoms in total. The number of halogens is 1. The SMILES string of the molecule is Cc1cc(C)cc(NC(C)c2cccc(Br)c2)c1. The molecule has 2 aromatic carbocycles. The molecule has 18 heavy (non-hydrogen) atoms. The van der Waals surface area contributed by atoms with Gasteiger partial charge in [0.1, 0.15) is 0 Å². The fraction of sp³-hybridized carbons (Fsp3) is 0.250. The van der Waals surface area contributed by atoms with Crippen molar-refractivity contribution in [3.63, 3.8) is 0 Å². The molecule has 1 N–H and O–H groups in total. The van der Waals surface area contributed by atoms with Crippen LogP contribution in [-0.4, -0.2) is 0 Å². The van der Waals surface area contributed by atoms with Gasteiger partial charge in [-0.2, -0.15) is 0 Å². The lowest BCUT2D eigenvalue weighted by atomic mass is 10.1. The molecule has 94 valence electrons. The number of aryl methyl sites for hydroxylation is 2. The van der Waals surface area contributed by atoms with Crippen LogP contribution in [-0.2, 0) is 0 Å². The largest absolute Gasteiger partial charge is 0.379 e. The molecule has 2 rings (SSSR count). The zero-order chi connectivity index (χ0) is 13.1. The third kappa shape index (κ3) is 3.36. The predicted octanol–water partition coefficient (Wildman–Crippen LogP) is 5.24. The van der Waals surface area contributed by atoms with E-state index in [1.807, 2.05) is 6.07 Å². The molecule has 0 amide bonds. The summed E-state index contributed by atoms with van der Waals surface area (Å²) in [5, 5.41) is 3.55. The summed E-state index contributed by atoms with van der Waals surface area (Å²) in [5.74, 6) is 0. The summed E-state index contributed by atoms with van der Waals surface area (Å²) < 4.78 is 1.12. The van der Waals surface area contributed by atoms with Crippen LogP contribution in [0.5, 0.6) is 0 Å². The first-order chi connectivity index (χ1) is 8.54. The van der Waals surface area contributed by atoms with Crippen molar-refractivity contribution in [3.8, 4) is 0 Å². The second kappa shape index (κ2) is 5.57. The van der Waals surface area contributed by atoms with Crippen LogP contribution >= 0.6 is 15.9 Å². The molecule has 0 fully saturated rings. The van der Waals surface area contributed by atoms with Crippen molar-refractivity contribution in [2.45, 2.75) is 26.8 Å². The molecule has 0 aliphatic rings. The number of hydrogen-bond donors (Lipinski definition) is 1. The predicted molar refractivity (Wildman–Crippen MR) is 82.1 cm³/mol. The van der Waals surface area contributed by atoms with Crippen LogP contribution in [0, 0.1) is 13.8 Å². The zero-order valence-electron chi connectivity index (χ0n) is 11.0. The molecule has 0 aliphatic heterocycles. The Hall–Kier alpha value is -1.28. The van der Waals surface area contributed by atoms with Gasteiger partial charge in [-0.1, -0.05) is 34.1 Å². The highest BCUT2D eigenvalue weighted by Crippen LogP contribution is 2.23. The van der Waals surface area contributed by atoms with Crippen LogP contribution in [0.4, 0.5) is 5.69 Å². The topological polar surface area (TPSA) is 12.0 Å². The summed E-state index contributed by atoms with van der Waals surface area (Å²) in [6.45, 7) is 6.43. The third-order valence-corrected chi connectivity index (χ3v) is 3.45. The molecule has 0 saturated carbocycles. The first-order valence-corrected chi connectivity index (χ1v) is 6.94. The van der Waals surface area contributed by atoms with Crippen LogP contribution in [0.1, 0.15) is 29.7 Å². The van der Waals surface area contributed by atoms with E-state index >= 15 is 0 Å². The van der Waals surface area contributed by atoms with Gasteiger partial charge in [0, 0.05) is 16.2 Å². The average molecular weight is 304 g/mol. The summed E-state index contributed by atoms with van der Waals surface area (Å²) in [4.78, 5) is 0. The highest BCUT2D eigenvalue weighted by Gasteiger charge is 2.06. The maximum Gasteiger partial charge on any atom is 0.0486 e. The molecule has 0 radical (unpaired) electrons. The Morgan fingerprint density at radius 2 is 1.67 bits per heavy atom. The van der Waals surface area contributed by atoms with Gasteiger partial charge in [0.2, 0.25) is 0 Å². The van der Waals surface area contributed by atoms with E-state index in [1.54, 1.807) is 0 Å². The first-order valence-electron chi connectivity index (χ1n) is 6.15. The Bertz CT molecular complexity index is 528. The van der Waals surface area contributed by atoms with Gasteiger partial charge in [-0.25, -0.2) is 0 Å². The Morgan fingerprint density at radius 1 is 1.00 bits per heavy atom. The number of benzene rings is 2. The van der Waals surface area contributed by atoms with Gasteiger partial charge < -0.3 is 5.32 Å². The quantitative estimate of drug-likeness (QED) is 0.817. The molecule has 0 aliphatic carbocycles. The van der Waals surface area contributed by atoms with Crippen LogP contribution < -0.4 is 5.32 Å². The Labute approximate surface area is 117 Å². The standard InChI is InChI=1S/C16H18BrN/c1-11-7-12(2)9-16(8-11)18-13(3)14-5-4-6-15(17)10-14/h4-10,13,18H,1-3H3. The van der Waals surface area contributed by atoms with Gasteiger partial charge in [-0.3, -0.25) is 0 Å². The maximum atomic E-state index is 3.55. The van der Waals surface area contributed by atoms with Gasteiger partial charge in [0.25, 0.3) is 0 Å². The molecule has 1 atom stereocenters. The number of nitrogens with one attached hydrogen (secondary N) is 1. The van der Waals surface area contributed by atoms with Gasteiger partial charge >= 0.3 is 0 Å². The molecule has 2 aromatic rings. The molecule has 0 heterocycles. The van der Waals surface area contributed by atoms with Crippen molar-refractivity contribution in [1.29, 1.82) is 0 Å². The number of rotatable bonds is 3. The van der Waals surface area contributed by atoms with E-state index in [4.69, 9.17) is 0 Å². The van der Waals surface area contributed by atoms with E-state index in [2.05, 4.69) is 78.4 Å². The highest BCUT2D eigenvalue weighted by atomic mass is 79.9. The molecule has 0 aromatic heterocycles. The zero-order valence-corrected chi connectivity index (χ0v) is 12.6. The summed E-state index contributed by atoms with van der Waals surface area (Å²) >= 11 is 3.51. The lowest BCUT2D eigenvalue weighted by Gasteiger charge is -2.17. The summed E-state index contributed by atoms with van der Waals surface area (Å²) in [7, 11) is 0. The van der Waals surface area contributed by atoms with Gasteiger partial charge in [0.05, 0.1) is 0 Å². The Morgan fingerprint density at radius 3 is 2.28 bits per heavy atom. The van der Waals surface area contributed by atoms with Crippen molar-refractivity contribution in [2.24, 2.45) is 0 Å². The molecular formula is C16H18BrN. The van der Waals surface area contributed by atoms with E-state index in [-0.39, 0.29) is 0 Å². The van der Waals surface area contributed by atoms with Gasteiger partial charge in [-0.15, -0.1) is 0 Å². The second-order valence-corrected chi connectivity index (χ2v) is 5.71. The average Bonchev–Trinajstić information content (AvgIpc) is 2.27. The monoisotopic (exact) mass is 303 g/mol. The second-order valence-electron chi connectivity index (χ2n) is 4.80. The van der Waals surface area contributed by atoms with E-state index in [9.17, 15) is 0 Å². The summed E-state index contributed by atoms with van der Waals surface area (Å²) in [6.07, 6.45) is 0. The molecule has 0 spiro atoms. The van der Waals surface area contributed by atoms with Crippen molar-refractivity contribution in [1.82, 2.24) is 0 Å². The van der Waals surface area contributed by atoms with Crippen molar-refractivity contribution in [3.05, 3.63) is 63.6 Å². The molecule has 1 unspecified atom stereocenters. The minimum Gasteiger partial charge on any atom is -0.379 e. The van der Waals surface area contributed by atoms with Crippen molar-refractivity contribution in [2.75, 3.05) is 5.32 Å². The fourth-order valence-electron chi connectivity index (χ4n) is 2.17. The van der Waals surface area contributed by atoms with Crippen LogP contribution in [0.15, 0.2) is 46.9 Å². The van der Waals surface area contributed by atoms with Gasteiger partial charge in [-0.05, 0) is 61.7 Å². The molecule has 0 saturated heterocycles. The smallest absolute Gasteiger partial charge is 0.0486 e. The van der Waals surface area contributed by atoms with Crippen LogP contribution in [0.3, 0.4) is 0 Å². The van der Waals surface area contributed by atoms with E-state index in [0.717, 1.165) is 4.47 Å². The lowest BCUT2D eigenvalue weighted by Crippen LogP contribution is -2.06. The highest BCUT2D eigenvalue weighted by molar-refractivity contribution is 9.10. The Kier molecular flexibility index (Phi) is 4.07. The van der Waals surface area contributed by atoms with Crippen LogP contribution in [0.25, 0.3) is 0 Å². The molecule has 2 heteroatoms. The van der Waals surface area contributed by atoms with E-state index in [0.29, 0.717) is 6.04 Å². The molecular weight excluding hydrogens is 286 g/mol. The van der Waals surface area contributed by atoms with Crippen molar-refractivity contribution >= 4 is 21.6 Å². The molecule has 0 bridgehead atoms. The normalized spacial score (nSPS) is 12.2. The van der Waals surface area contributed by atoms with Crippen molar-refractivity contribution < 1.29 is 0 Å². The van der Waals surface area contributed by atoms with E-state index < -0.39 is 0 Å².